The molecule has 5 rings (SSSR count). The van der Waals surface area contributed by atoms with E-state index in [2.05, 4.69) is 32.3 Å². The molecule has 0 aliphatic heterocycles. The third-order valence-corrected chi connectivity index (χ3v) is 5.54. The zero-order valence-corrected chi connectivity index (χ0v) is 16.4. The van der Waals surface area contributed by atoms with Crippen molar-refractivity contribution in [3.05, 3.63) is 95.2 Å². The Morgan fingerprint density at radius 3 is 1.55 bits per heavy atom. The number of thiophene rings is 1. The lowest BCUT2D eigenvalue weighted by atomic mass is 10.3. The van der Waals surface area contributed by atoms with Crippen molar-refractivity contribution in [3.63, 3.8) is 0 Å². The van der Waals surface area contributed by atoms with Gasteiger partial charge in [0.25, 0.3) is 0 Å². The van der Waals surface area contributed by atoms with Gasteiger partial charge in [-0.3, -0.25) is 19.3 Å². The molecular weight excluding hydrogens is 380 g/mol. The van der Waals surface area contributed by atoms with Gasteiger partial charge < -0.3 is 0 Å². The molecule has 0 amide bonds. The average Bonchev–Trinajstić information content (AvgIpc) is 3.52. The van der Waals surface area contributed by atoms with Crippen molar-refractivity contribution in [1.82, 2.24) is 29.5 Å². The molecule has 0 saturated carbocycles. The smallest absolute Gasteiger partial charge is 0.111 e. The van der Waals surface area contributed by atoms with Crippen LogP contribution in [-0.4, -0.2) is 29.5 Å². The van der Waals surface area contributed by atoms with E-state index in [0.29, 0.717) is 0 Å². The fourth-order valence-corrected chi connectivity index (χ4v) is 4.12. The molecule has 29 heavy (non-hydrogen) atoms. The molecule has 5 aromatic rings. The molecule has 0 unspecified atom stereocenters. The lowest BCUT2D eigenvalue weighted by Gasteiger charge is -2.00. The summed E-state index contributed by atoms with van der Waals surface area (Å²) in [4.78, 5) is 11.2. The van der Waals surface area contributed by atoms with Crippen molar-refractivity contribution >= 4 is 11.3 Å². The third kappa shape index (κ3) is 4.00. The summed E-state index contributed by atoms with van der Waals surface area (Å²) in [6.07, 6.45) is 7.56. The maximum atomic E-state index is 4.64. The van der Waals surface area contributed by atoms with Gasteiger partial charge in [-0.25, -0.2) is 0 Å². The lowest BCUT2D eigenvalue weighted by Crippen LogP contribution is -1.99. The van der Waals surface area contributed by atoms with Gasteiger partial charge in [0.2, 0.25) is 0 Å². The van der Waals surface area contributed by atoms with E-state index in [1.165, 1.54) is 9.75 Å². The van der Waals surface area contributed by atoms with Crippen LogP contribution >= 0.6 is 11.3 Å². The second kappa shape index (κ2) is 7.81. The van der Waals surface area contributed by atoms with Gasteiger partial charge >= 0.3 is 0 Å². The number of rotatable bonds is 6. The van der Waals surface area contributed by atoms with Gasteiger partial charge in [0, 0.05) is 34.5 Å². The van der Waals surface area contributed by atoms with Gasteiger partial charge in [-0.2, -0.15) is 10.2 Å². The number of aromatic nitrogens is 6. The summed E-state index contributed by atoms with van der Waals surface area (Å²) < 4.78 is 3.90. The van der Waals surface area contributed by atoms with Crippen molar-refractivity contribution in [2.75, 3.05) is 0 Å². The van der Waals surface area contributed by atoms with E-state index in [1.54, 1.807) is 23.7 Å². The van der Waals surface area contributed by atoms with Crippen molar-refractivity contribution in [2.45, 2.75) is 13.1 Å². The first kappa shape index (κ1) is 17.5. The Balaban J connectivity index is 1.26. The first-order chi connectivity index (χ1) is 14.3. The van der Waals surface area contributed by atoms with Gasteiger partial charge in [0.1, 0.15) is 11.4 Å². The average molecular weight is 398 g/mol. The van der Waals surface area contributed by atoms with Gasteiger partial charge in [0.05, 0.1) is 24.5 Å². The number of hydrogen-bond donors (Lipinski definition) is 0. The highest BCUT2D eigenvalue weighted by molar-refractivity contribution is 7.11. The molecule has 0 spiro atoms. The van der Waals surface area contributed by atoms with Crippen LogP contribution in [0.5, 0.6) is 0 Å². The monoisotopic (exact) mass is 398 g/mol. The molecule has 0 bridgehead atoms. The highest BCUT2D eigenvalue weighted by atomic mass is 32.1. The molecule has 142 valence electrons. The van der Waals surface area contributed by atoms with Crippen LogP contribution in [0.1, 0.15) is 9.75 Å². The molecule has 0 saturated heterocycles. The molecular formula is C22H18N6S. The van der Waals surface area contributed by atoms with Gasteiger partial charge in [-0.05, 0) is 48.5 Å². The highest BCUT2D eigenvalue weighted by Crippen LogP contribution is 2.21. The van der Waals surface area contributed by atoms with E-state index in [1.807, 2.05) is 70.3 Å². The van der Waals surface area contributed by atoms with E-state index < -0.39 is 0 Å². The van der Waals surface area contributed by atoms with Gasteiger partial charge in [-0.15, -0.1) is 11.3 Å². The molecule has 0 radical (unpaired) electrons. The predicted molar refractivity (Wildman–Crippen MR) is 113 cm³/mol. The summed E-state index contributed by atoms with van der Waals surface area (Å²) in [6, 6.07) is 20.0. The summed E-state index contributed by atoms with van der Waals surface area (Å²) in [6.45, 7) is 1.49. The predicted octanol–water partition coefficient (Wildman–Crippen LogP) is 4.36. The maximum Gasteiger partial charge on any atom is 0.111 e. The maximum absolute atomic E-state index is 4.64. The Hall–Kier alpha value is -3.58. The van der Waals surface area contributed by atoms with Crippen molar-refractivity contribution in [3.8, 4) is 22.8 Å². The van der Waals surface area contributed by atoms with Crippen LogP contribution < -0.4 is 0 Å². The van der Waals surface area contributed by atoms with Crippen LogP contribution in [0, 0.1) is 0 Å². The lowest BCUT2D eigenvalue weighted by molar-refractivity contribution is 0.696. The van der Waals surface area contributed by atoms with Crippen molar-refractivity contribution in [2.24, 2.45) is 0 Å². The Morgan fingerprint density at radius 1 is 0.586 bits per heavy atom. The molecule has 6 nitrogen and oxygen atoms in total. The normalized spacial score (nSPS) is 11.0. The number of pyridine rings is 2. The summed E-state index contributed by atoms with van der Waals surface area (Å²) in [7, 11) is 0. The largest absolute Gasteiger partial charge is 0.267 e. The Morgan fingerprint density at radius 2 is 1.10 bits per heavy atom. The summed E-state index contributed by atoms with van der Waals surface area (Å²) in [5.74, 6) is 0. The summed E-state index contributed by atoms with van der Waals surface area (Å²) in [5.41, 5.74) is 3.56. The van der Waals surface area contributed by atoms with Crippen LogP contribution in [-0.2, 0) is 13.1 Å². The minimum Gasteiger partial charge on any atom is -0.267 e. The first-order valence-electron chi connectivity index (χ1n) is 9.31. The molecule has 0 N–H and O–H groups in total. The molecule has 7 heteroatoms. The van der Waals surface area contributed by atoms with E-state index in [0.717, 1.165) is 35.9 Å². The minimum absolute atomic E-state index is 0.746. The van der Waals surface area contributed by atoms with E-state index in [9.17, 15) is 0 Å². The fourth-order valence-electron chi connectivity index (χ4n) is 3.11. The quantitative estimate of drug-likeness (QED) is 0.426. The Bertz CT molecular complexity index is 1110. The molecule has 0 aromatic carbocycles. The van der Waals surface area contributed by atoms with Crippen molar-refractivity contribution in [1.29, 1.82) is 0 Å². The summed E-state index contributed by atoms with van der Waals surface area (Å²) >= 11 is 1.78. The fraction of sp³-hybridized carbons (Fsp3) is 0.0909. The van der Waals surface area contributed by atoms with Crippen LogP contribution in [0.25, 0.3) is 22.8 Å². The zero-order chi connectivity index (χ0) is 19.5. The number of nitrogens with zero attached hydrogens (tertiary/aromatic N) is 6. The van der Waals surface area contributed by atoms with Crippen LogP contribution in [0.4, 0.5) is 0 Å². The second-order valence-electron chi connectivity index (χ2n) is 6.60. The SMILES string of the molecule is c1ccc(-c2ccn(Cc3ccc(Cn4ccc(-c5ccccn5)n4)s3)n2)nc1. The van der Waals surface area contributed by atoms with E-state index >= 15 is 0 Å². The third-order valence-electron chi connectivity index (χ3n) is 4.49. The van der Waals surface area contributed by atoms with Gasteiger partial charge in [-0.1, -0.05) is 12.1 Å². The van der Waals surface area contributed by atoms with E-state index in [4.69, 9.17) is 0 Å². The van der Waals surface area contributed by atoms with Crippen molar-refractivity contribution < 1.29 is 0 Å². The highest BCUT2D eigenvalue weighted by Gasteiger charge is 2.08. The first-order valence-corrected chi connectivity index (χ1v) is 10.1. The molecule has 5 aromatic heterocycles. The molecule has 0 aliphatic rings. The molecule has 0 atom stereocenters. The molecule has 0 fully saturated rings. The summed E-state index contributed by atoms with van der Waals surface area (Å²) in [5, 5.41) is 9.28. The van der Waals surface area contributed by atoms with Crippen LogP contribution in [0.15, 0.2) is 85.5 Å². The topological polar surface area (TPSA) is 61.4 Å². The number of hydrogen-bond acceptors (Lipinski definition) is 5. The standard InChI is InChI=1S/C22H18N6S/c1-3-11-23-19(5-1)21-9-13-27(25-21)15-17-7-8-18(29-17)16-28-14-10-22(26-28)20-6-2-4-12-24-20/h1-14H,15-16H2. The second-order valence-corrected chi connectivity index (χ2v) is 7.85. The Labute approximate surface area is 172 Å². The minimum atomic E-state index is 0.746. The van der Waals surface area contributed by atoms with Crippen LogP contribution in [0.3, 0.4) is 0 Å². The zero-order valence-electron chi connectivity index (χ0n) is 15.6. The van der Waals surface area contributed by atoms with E-state index in [-0.39, 0.29) is 0 Å². The molecule has 0 aliphatic carbocycles. The van der Waals surface area contributed by atoms with Crippen LogP contribution in [0.2, 0.25) is 0 Å². The van der Waals surface area contributed by atoms with Gasteiger partial charge in [0.15, 0.2) is 0 Å². The Kier molecular flexibility index (Phi) is 4.72. The molecule has 5 heterocycles.